The Labute approximate surface area is 137 Å². The molecule has 1 fully saturated rings. The van der Waals surface area contributed by atoms with Gasteiger partial charge in [-0.25, -0.2) is 14.4 Å². The Morgan fingerprint density at radius 1 is 1.54 bits per heavy atom. The number of imidazole rings is 1. The third-order valence-corrected chi connectivity index (χ3v) is 4.16. The summed E-state index contributed by atoms with van der Waals surface area (Å²) in [6.45, 7) is 2.44. The molecule has 3 heterocycles. The Kier molecular flexibility index (Phi) is 4.13. The topological polar surface area (TPSA) is 119 Å². The van der Waals surface area contributed by atoms with Crippen LogP contribution in [0.2, 0.25) is 0 Å². The molecule has 0 aliphatic carbocycles. The Hall–Kier alpha value is -2.28. The normalized spacial score (nSPS) is 31.0. The maximum absolute atomic E-state index is 15.8. The van der Waals surface area contributed by atoms with E-state index in [-0.39, 0.29) is 11.6 Å². The van der Waals surface area contributed by atoms with E-state index in [2.05, 4.69) is 26.8 Å². The number of nitrogen functional groups attached to an aromatic ring is 1. The largest absolute Gasteiger partial charge is 0.396 e. The van der Waals surface area contributed by atoms with Gasteiger partial charge in [-0.2, -0.15) is 4.98 Å². The van der Waals surface area contributed by atoms with Crippen LogP contribution in [0.5, 0.6) is 0 Å². The summed E-state index contributed by atoms with van der Waals surface area (Å²) in [5, 5.41) is 19.6. The number of anilines is 1. The molecule has 0 amide bonds. The van der Waals surface area contributed by atoms with E-state index in [1.807, 2.05) is 0 Å². The molecular weight excluding hydrogens is 317 g/mol. The number of hydrogen-bond acceptors (Lipinski definition) is 7. The number of nitrogens with two attached hydrogens (primary N) is 1. The summed E-state index contributed by atoms with van der Waals surface area (Å²) in [6.07, 6.45) is -0.378. The minimum absolute atomic E-state index is 0.0130. The average molecular weight is 335 g/mol. The molecule has 1 aliphatic rings. The van der Waals surface area contributed by atoms with Crippen LogP contribution in [-0.4, -0.2) is 54.2 Å². The number of fused-ring (bicyclic) bond motifs is 1. The van der Waals surface area contributed by atoms with E-state index in [4.69, 9.17) is 10.5 Å². The predicted octanol–water partition coefficient (Wildman–Crippen LogP) is 0.0268. The molecule has 1 aliphatic heterocycles. The Balaban J connectivity index is 2.16. The highest BCUT2D eigenvalue weighted by Crippen LogP contribution is 2.47. The molecule has 0 spiro atoms. The first-order valence-corrected chi connectivity index (χ1v) is 7.44. The lowest BCUT2D eigenvalue weighted by atomic mass is 9.85. The molecule has 2 unspecified atom stereocenters. The molecule has 2 aromatic rings. The average Bonchev–Trinajstić information content (AvgIpc) is 3.05. The molecule has 0 saturated carbocycles. The number of aromatic nitrogens is 4. The van der Waals surface area contributed by atoms with Crippen molar-refractivity contribution in [3.05, 3.63) is 12.5 Å². The Morgan fingerprint density at radius 3 is 2.92 bits per heavy atom. The minimum atomic E-state index is -2.22. The second kappa shape index (κ2) is 5.98. The number of hydrogen-bond donors (Lipinski definition) is 3. The van der Waals surface area contributed by atoms with Crippen molar-refractivity contribution < 1.29 is 19.3 Å². The SMILES string of the molecule is CC#CC1(F)C(CO)[C@@H]([C@@H](C)O)O[C@H]1n1cnc2cnc(N)nc21. The van der Waals surface area contributed by atoms with Crippen molar-refractivity contribution in [1.82, 2.24) is 19.5 Å². The maximum atomic E-state index is 15.8. The molecule has 3 rings (SSSR count). The zero-order chi connectivity index (χ0) is 17.5. The fourth-order valence-electron chi connectivity index (χ4n) is 3.08. The number of nitrogens with zero attached hydrogens (tertiary/aromatic N) is 4. The van der Waals surface area contributed by atoms with Crippen LogP contribution in [0.15, 0.2) is 12.5 Å². The lowest BCUT2D eigenvalue weighted by Crippen LogP contribution is -2.41. The van der Waals surface area contributed by atoms with E-state index in [1.165, 1.54) is 30.9 Å². The van der Waals surface area contributed by atoms with E-state index in [1.54, 1.807) is 0 Å². The van der Waals surface area contributed by atoms with E-state index < -0.39 is 36.6 Å². The van der Waals surface area contributed by atoms with Crippen molar-refractivity contribution in [2.75, 3.05) is 12.3 Å². The molecule has 24 heavy (non-hydrogen) atoms. The maximum Gasteiger partial charge on any atom is 0.223 e. The molecule has 0 radical (unpaired) electrons. The van der Waals surface area contributed by atoms with E-state index in [0.29, 0.717) is 5.52 Å². The first-order chi connectivity index (χ1) is 11.4. The van der Waals surface area contributed by atoms with Gasteiger partial charge in [-0.05, 0) is 13.8 Å². The van der Waals surface area contributed by atoms with Crippen LogP contribution in [0.4, 0.5) is 10.3 Å². The van der Waals surface area contributed by atoms with Gasteiger partial charge in [0, 0.05) is 0 Å². The van der Waals surface area contributed by atoms with Gasteiger partial charge in [0.05, 0.1) is 37.3 Å². The van der Waals surface area contributed by atoms with Crippen LogP contribution < -0.4 is 5.73 Å². The monoisotopic (exact) mass is 335 g/mol. The highest BCUT2D eigenvalue weighted by atomic mass is 19.1. The molecule has 0 bridgehead atoms. The zero-order valence-corrected chi connectivity index (χ0v) is 13.2. The molecule has 128 valence electrons. The summed E-state index contributed by atoms with van der Waals surface area (Å²) in [7, 11) is 0. The molecule has 0 aromatic carbocycles. The van der Waals surface area contributed by atoms with Crippen LogP contribution in [0, 0.1) is 17.8 Å². The zero-order valence-electron chi connectivity index (χ0n) is 13.2. The number of ether oxygens (including phenoxy) is 1. The summed E-state index contributed by atoms with van der Waals surface area (Å²) < 4.78 is 22.8. The fourth-order valence-corrected chi connectivity index (χ4v) is 3.08. The van der Waals surface area contributed by atoms with Gasteiger partial charge in [0.1, 0.15) is 5.52 Å². The highest BCUT2D eigenvalue weighted by Gasteiger charge is 2.59. The van der Waals surface area contributed by atoms with Crippen molar-refractivity contribution in [2.24, 2.45) is 5.92 Å². The summed E-state index contributed by atoms with van der Waals surface area (Å²) in [5.74, 6) is 4.02. The van der Waals surface area contributed by atoms with Gasteiger partial charge in [0.25, 0.3) is 0 Å². The lowest BCUT2D eigenvalue weighted by molar-refractivity contribution is -0.0731. The van der Waals surface area contributed by atoms with Gasteiger partial charge in [0.2, 0.25) is 11.6 Å². The van der Waals surface area contributed by atoms with Gasteiger partial charge in [-0.3, -0.25) is 4.57 Å². The number of alkyl halides is 1. The number of rotatable bonds is 3. The summed E-state index contributed by atoms with van der Waals surface area (Å²) in [4.78, 5) is 12.0. The van der Waals surface area contributed by atoms with Gasteiger partial charge in [0.15, 0.2) is 11.9 Å². The summed E-state index contributed by atoms with van der Waals surface area (Å²) in [6, 6.07) is 0. The van der Waals surface area contributed by atoms with Crippen molar-refractivity contribution in [3.63, 3.8) is 0 Å². The summed E-state index contributed by atoms with van der Waals surface area (Å²) >= 11 is 0. The molecule has 9 heteroatoms. The van der Waals surface area contributed by atoms with E-state index in [0.717, 1.165) is 0 Å². The van der Waals surface area contributed by atoms with Crippen LogP contribution in [-0.2, 0) is 4.74 Å². The highest BCUT2D eigenvalue weighted by molar-refractivity contribution is 5.70. The van der Waals surface area contributed by atoms with Crippen LogP contribution >= 0.6 is 0 Å². The van der Waals surface area contributed by atoms with Crippen LogP contribution in [0.25, 0.3) is 11.2 Å². The smallest absolute Gasteiger partial charge is 0.223 e. The molecular formula is C15H18FN5O3. The second-order valence-corrected chi connectivity index (χ2v) is 5.71. The summed E-state index contributed by atoms with van der Waals surface area (Å²) in [5.41, 5.74) is 4.08. The van der Waals surface area contributed by atoms with Gasteiger partial charge in [-0.15, -0.1) is 5.92 Å². The Morgan fingerprint density at radius 2 is 2.29 bits per heavy atom. The fraction of sp³-hybridized carbons (Fsp3) is 0.533. The van der Waals surface area contributed by atoms with Crippen molar-refractivity contribution in [2.45, 2.75) is 38.0 Å². The van der Waals surface area contributed by atoms with E-state index in [9.17, 15) is 10.2 Å². The van der Waals surface area contributed by atoms with Crippen LogP contribution in [0.1, 0.15) is 20.1 Å². The quantitative estimate of drug-likeness (QED) is 0.677. The standard InChI is InChI=1S/C15H18FN5O3/c1-3-4-15(16)9(6-22)11(8(2)23)24-13(15)21-7-19-10-5-18-14(17)20-12(10)21/h5,7-9,11,13,22-23H,6H2,1-2H3,(H2,17,18,20)/t8-,9?,11-,13-,15?/m1/s1. The molecule has 1 saturated heterocycles. The van der Waals surface area contributed by atoms with Crippen LogP contribution in [0.3, 0.4) is 0 Å². The molecule has 2 aromatic heterocycles. The second-order valence-electron chi connectivity index (χ2n) is 5.71. The Bertz CT molecular complexity index is 814. The number of aliphatic hydroxyl groups excluding tert-OH is 2. The van der Waals surface area contributed by atoms with Crippen molar-refractivity contribution in [1.29, 1.82) is 0 Å². The number of aliphatic hydroxyl groups is 2. The molecule has 4 N–H and O–H groups in total. The van der Waals surface area contributed by atoms with Gasteiger partial charge < -0.3 is 20.7 Å². The number of halogens is 1. The van der Waals surface area contributed by atoms with Gasteiger partial charge >= 0.3 is 0 Å². The predicted molar refractivity (Wildman–Crippen MR) is 83.2 cm³/mol. The molecule has 5 atom stereocenters. The van der Waals surface area contributed by atoms with Crippen molar-refractivity contribution in [3.8, 4) is 11.8 Å². The molecule has 8 nitrogen and oxygen atoms in total. The lowest BCUT2D eigenvalue weighted by Gasteiger charge is -2.26. The first-order valence-electron chi connectivity index (χ1n) is 7.44. The third kappa shape index (κ3) is 2.39. The minimum Gasteiger partial charge on any atom is -0.396 e. The van der Waals surface area contributed by atoms with Crippen molar-refractivity contribution >= 4 is 17.1 Å². The van der Waals surface area contributed by atoms with Gasteiger partial charge in [-0.1, -0.05) is 5.92 Å². The first kappa shape index (κ1) is 16.6. The van der Waals surface area contributed by atoms with E-state index >= 15 is 4.39 Å². The third-order valence-electron chi connectivity index (χ3n) is 4.16.